The largest absolute Gasteiger partial charge is 0.497 e. The molecule has 0 unspecified atom stereocenters. The van der Waals surface area contributed by atoms with Gasteiger partial charge in [0.15, 0.2) is 0 Å². The van der Waals surface area contributed by atoms with E-state index in [2.05, 4.69) is 26.9 Å². The van der Waals surface area contributed by atoms with E-state index in [1.54, 1.807) is 31.2 Å². The molecule has 0 spiro atoms. The van der Waals surface area contributed by atoms with Gasteiger partial charge in [0, 0.05) is 43.6 Å². The number of hydrogen-bond acceptors (Lipinski definition) is 9. The number of sulfonamides is 1. The summed E-state index contributed by atoms with van der Waals surface area (Å²) in [5.41, 5.74) is -1.68. The highest BCUT2D eigenvalue weighted by atomic mass is 32.2. The molecule has 51 heavy (non-hydrogen) atoms. The van der Waals surface area contributed by atoms with Crippen molar-refractivity contribution in [2.24, 2.45) is 11.3 Å². The van der Waals surface area contributed by atoms with Crippen LogP contribution in [0.2, 0.25) is 0 Å². The second kappa shape index (κ2) is 13.1. The van der Waals surface area contributed by atoms with Gasteiger partial charge in [-0.3, -0.25) is 19.1 Å². The van der Waals surface area contributed by atoms with Gasteiger partial charge in [0.05, 0.1) is 18.1 Å². The third-order valence-corrected chi connectivity index (χ3v) is 12.6. The number of urea groups is 1. The summed E-state index contributed by atoms with van der Waals surface area (Å²) in [4.78, 5) is 62.6. The van der Waals surface area contributed by atoms with Crippen molar-refractivity contribution in [2.75, 3.05) is 26.7 Å². The number of benzene rings is 1. The molecule has 2 aliphatic carbocycles. The normalized spacial score (nSPS) is 25.0. The summed E-state index contributed by atoms with van der Waals surface area (Å²) >= 11 is 0. The number of carbonyl (C=O) groups is 4. The van der Waals surface area contributed by atoms with Gasteiger partial charge in [-0.1, -0.05) is 26.8 Å². The van der Waals surface area contributed by atoms with Crippen molar-refractivity contribution in [3.8, 4) is 11.6 Å². The van der Waals surface area contributed by atoms with Crippen LogP contribution in [-0.2, 0) is 24.4 Å². The second-order valence-electron chi connectivity index (χ2n) is 15.3. The number of ether oxygens (including phenoxy) is 2. The van der Waals surface area contributed by atoms with Crippen molar-refractivity contribution in [2.45, 2.75) is 82.2 Å². The Hall–Kier alpha value is -4.66. The molecule has 3 N–H and O–H groups in total. The summed E-state index contributed by atoms with van der Waals surface area (Å²) < 4.78 is 38.5. The Kier molecular flexibility index (Phi) is 9.32. The molecule has 4 atom stereocenters. The number of pyridine rings is 1. The Morgan fingerprint density at radius 3 is 2.45 bits per heavy atom. The van der Waals surface area contributed by atoms with Gasteiger partial charge < -0.3 is 29.9 Å². The first-order valence-corrected chi connectivity index (χ1v) is 18.6. The lowest BCUT2D eigenvalue weighted by Crippen LogP contribution is -2.62. The first-order chi connectivity index (χ1) is 24.0. The lowest BCUT2D eigenvalue weighted by Gasteiger charge is -2.38. The summed E-state index contributed by atoms with van der Waals surface area (Å²) in [7, 11) is -2.40. The van der Waals surface area contributed by atoms with Crippen LogP contribution in [0.4, 0.5) is 4.79 Å². The molecule has 6 rings (SSSR count). The maximum Gasteiger partial charge on any atom is 0.318 e. The zero-order chi connectivity index (χ0) is 36.9. The van der Waals surface area contributed by atoms with Crippen LogP contribution < -0.4 is 24.8 Å². The molecule has 4 aliphatic rings. The Balaban J connectivity index is 1.28. The van der Waals surface area contributed by atoms with E-state index in [1.165, 1.54) is 17.2 Å². The number of fused-ring (bicyclic) bond motifs is 1. The molecule has 2 aliphatic heterocycles. The fraction of sp³-hybridized carbons (Fsp3) is 0.528. The molecular formula is C36H46N6O8S. The zero-order valence-corrected chi connectivity index (χ0v) is 30.5. The molecule has 5 amide bonds. The summed E-state index contributed by atoms with van der Waals surface area (Å²) in [6.07, 6.45) is 6.54. The molecule has 1 aromatic heterocycles. The zero-order valence-electron chi connectivity index (χ0n) is 29.7. The number of likely N-dealkylation sites (tertiary alicyclic amines) is 2. The average Bonchev–Trinajstić information content (AvgIpc) is 3.94. The van der Waals surface area contributed by atoms with Gasteiger partial charge in [-0.05, 0) is 73.2 Å². The Morgan fingerprint density at radius 1 is 1.14 bits per heavy atom. The van der Waals surface area contributed by atoms with Crippen LogP contribution in [0.5, 0.6) is 11.6 Å². The van der Waals surface area contributed by atoms with E-state index in [0.717, 1.165) is 17.2 Å². The molecule has 2 aromatic rings. The number of rotatable bonds is 11. The van der Waals surface area contributed by atoms with E-state index < -0.39 is 61.4 Å². The van der Waals surface area contributed by atoms with Crippen molar-refractivity contribution >= 4 is 44.5 Å². The molecule has 2 saturated carbocycles. The smallest absolute Gasteiger partial charge is 0.318 e. The summed E-state index contributed by atoms with van der Waals surface area (Å²) in [6.45, 7) is 12.0. The fourth-order valence-electron chi connectivity index (χ4n) is 6.46. The summed E-state index contributed by atoms with van der Waals surface area (Å²) in [5.74, 6) is -1.48. The van der Waals surface area contributed by atoms with Crippen molar-refractivity contribution in [3.63, 3.8) is 0 Å². The lowest BCUT2D eigenvalue weighted by atomic mass is 9.85. The van der Waals surface area contributed by atoms with E-state index >= 15 is 0 Å². The van der Waals surface area contributed by atoms with Gasteiger partial charge in [0.2, 0.25) is 27.7 Å². The molecule has 14 nitrogen and oxygen atoms in total. The molecule has 1 aromatic carbocycles. The third kappa shape index (κ3) is 7.00. The minimum absolute atomic E-state index is 0.00150. The minimum Gasteiger partial charge on any atom is -0.497 e. The highest BCUT2D eigenvalue weighted by molar-refractivity contribution is 7.91. The predicted octanol–water partition coefficient (Wildman–Crippen LogP) is 3.00. The van der Waals surface area contributed by atoms with E-state index in [-0.39, 0.29) is 25.4 Å². The quantitative estimate of drug-likeness (QED) is 0.233. The number of hydrogen-bond donors (Lipinski definition) is 3. The first-order valence-electron chi connectivity index (χ1n) is 17.2. The van der Waals surface area contributed by atoms with E-state index in [0.29, 0.717) is 43.1 Å². The van der Waals surface area contributed by atoms with Gasteiger partial charge in [0.25, 0.3) is 5.91 Å². The number of nitrogens with zero attached hydrogens (tertiary/aromatic N) is 3. The maximum absolute atomic E-state index is 14.4. The number of nitrogens with one attached hydrogen (secondary N) is 3. The van der Waals surface area contributed by atoms with Crippen LogP contribution in [0, 0.1) is 11.3 Å². The third-order valence-electron chi connectivity index (χ3n) is 10.5. The van der Waals surface area contributed by atoms with Gasteiger partial charge in [-0.25, -0.2) is 18.2 Å². The lowest BCUT2D eigenvalue weighted by molar-refractivity contribution is -0.142. The van der Waals surface area contributed by atoms with E-state index in [4.69, 9.17) is 9.47 Å². The van der Waals surface area contributed by atoms with Crippen molar-refractivity contribution in [1.82, 2.24) is 30.1 Å². The van der Waals surface area contributed by atoms with Gasteiger partial charge in [-0.15, -0.1) is 6.58 Å². The van der Waals surface area contributed by atoms with Crippen LogP contribution in [-0.4, -0.2) is 96.1 Å². The number of carbonyl (C=O) groups excluding carboxylic acids is 4. The number of amides is 5. The first kappa shape index (κ1) is 36.1. The van der Waals surface area contributed by atoms with Crippen LogP contribution in [0.1, 0.15) is 59.8 Å². The Morgan fingerprint density at radius 2 is 1.86 bits per heavy atom. The van der Waals surface area contributed by atoms with Crippen molar-refractivity contribution in [1.29, 1.82) is 0 Å². The predicted molar refractivity (Wildman–Crippen MR) is 189 cm³/mol. The summed E-state index contributed by atoms with van der Waals surface area (Å²) in [5, 5.41) is 7.26. The average molecular weight is 723 g/mol. The SMILES string of the molecule is C=C[C@@H]1C[C@]1(NC(=O)[C@@H]1C/C(=C\Oc2nccc3cc(OC)ccc23)CN1C(=O)[C@@H](NC(=O)N1CCC1)C(C)(C)C)C(=O)NS(=O)(=O)C1(C)CC1. The van der Waals surface area contributed by atoms with Gasteiger partial charge in [-0.2, -0.15) is 0 Å². The molecular weight excluding hydrogens is 676 g/mol. The monoisotopic (exact) mass is 722 g/mol. The van der Waals surface area contributed by atoms with Crippen LogP contribution >= 0.6 is 0 Å². The van der Waals surface area contributed by atoms with Crippen LogP contribution in [0.15, 0.2) is 55.0 Å². The van der Waals surface area contributed by atoms with Gasteiger partial charge >= 0.3 is 6.03 Å². The Labute approximate surface area is 298 Å². The summed E-state index contributed by atoms with van der Waals surface area (Å²) in [6, 6.07) is 4.84. The minimum atomic E-state index is -3.98. The Bertz CT molecular complexity index is 1920. The van der Waals surface area contributed by atoms with Crippen LogP contribution in [0.3, 0.4) is 0 Å². The van der Waals surface area contributed by atoms with E-state index in [9.17, 15) is 27.6 Å². The molecule has 0 bridgehead atoms. The van der Waals surface area contributed by atoms with Crippen LogP contribution in [0.25, 0.3) is 10.8 Å². The number of aromatic nitrogens is 1. The van der Waals surface area contributed by atoms with Gasteiger partial charge in [0.1, 0.15) is 23.4 Å². The molecule has 2 saturated heterocycles. The standard InChI is InChI=1S/C36H46N6O8S/c1-7-24-19-36(24,32(45)40-51(47,48)35(5)12-13-35)39-29(43)27-17-22(21-50-30-26-10-9-25(49-6)18-23(26)11-14-37-30)20-42(27)31(44)28(34(2,3)4)38-33(46)41-15-8-16-41/h7,9-11,14,18,21,24,27-28H,1,8,12-13,15-17,19-20H2,2-6H3,(H,38,46)(H,39,43)(H,40,45)/b22-21+/t24-,27+,28-,36-/m1/s1. The van der Waals surface area contributed by atoms with E-state index in [1.807, 2.05) is 39.0 Å². The highest BCUT2D eigenvalue weighted by Gasteiger charge is 2.63. The molecule has 15 heteroatoms. The molecule has 274 valence electrons. The molecule has 4 fully saturated rings. The maximum atomic E-state index is 14.4. The topological polar surface area (TPSA) is 176 Å². The highest BCUT2D eigenvalue weighted by Crippen LogP contribution is 2.47. The number of methoxy groups -OCH3 is 1. The second-order valence-corrected chi connectivity index (χ2v) is 17.5. The van der Waals surface area contributed by atoms with Crippen molar-refractivity contribution < 1.29 is 37.1 Å². The van der Waals surface area contributed by atoms with Crippen molar-refractivity contribution in [3.05, 3.63) is 55.0 Å². The molecule has 0 radical (unpaired) electrons. The molecule has 3 heterocycles. The fourth-order valence-corrected chi connectivity index (χ4v) is 7.77.